The van der Waals surface area contributed by atoms with Crippen molar-refractivity contribution in [3.8, 4) is 0 Å². The summed E-state index contributed by atoms with van der Waals surface area (Å²) in [5, 5.41) is 32.8. The van der Waals surface area contributed by atoms with Crippen LogP contribution in [0.1, 0.15) is 162 Å². The number of aliphatic hydroxyl groups is 3. The van der Waals surface area contributed by atoms with E-state index < -0.39 is 18.2 Å². The molecule has 0 saturated carbocycles. The number of unbranched alkanes of at least 4 members (excludes halogenated alkanes) is 17. The molecule has 0 spiro atoms. The van der Waals surface area contributed by atoms with Gasteiger partial charge in [-0.2, -0.15) is 0 Å². The predicted octanol–water partition coefficient (Wildman–Crippen LogP) is 8.87. The number of amides is 1. The summed E-state index contributed by atoms with van der Waals surface area (Å²) >= 11 is 0. The topological polar surface area (TPSA) is 89.8 Å². The van der Waals surface area contributed by atoms with Crippen molar-refractivity contribution >= 4 is 5.91 Å². The molecule has 0 radical (unpaired) electrons. The van der Waals surface area contributed by atoms with Crippen molar-refractivity contribution in [3.63, 3.8) is 0 Å². The Bertz CT molecular complexity index is 645. The van der Waals surface area contributed by atoms with Gasteiger partial charge in [-0.05, 0) is 57.8 Å². The Morgan fingerprint density at radius 3 is 1.59 bits per heavy atom. The van der Waals surface area contributed by atoms with Crippen LogP contribution in [0.4, 0.5) is 0 Å². The average Bonchev–Trinajstić information content (AvgIpc) is 2.96. The summed E-state index contributed by atoms with van der Waals surface area (Å²) in [5.41, 5.74) is 0. The monoisotopic (exact) mass is 578 g/mol. The van der Waals surface area contributed by atoms with E-state index in [1.165, 1.54) is 89.9 Å². The minimum absolute atomic E-state index is 0.00533. The van der Waals surface area contributed by atoms with Crippen LogP contribution in [-0.4, -0.2) is 46.1 Å². The maximum atomic E-state index is 12.3. The van der Waals surface area contributed by atoms with Crippen LogP contribution in [0.15, 0.2) is 36.5 Å². The van der Waals surface area contributed by atoms with Crippen molar-refractivity contribution in [3.05, 3.63) is 36.5 Å². The number of aliphatic hydroxyl groups excluding tert-OH is 3. The molecule has 41 heavy (non-hydrogen) atoms. The molecule has 0 aliphatic carbocycles. The van der Waals surface area contributed by atoms with Gasteiger partial charge in [-0.3, -0.25) is 4.79 Å². The summed E-state index contributed by atoms with van der Waals surface area (Å²) in [6.07, 6.45) is 37.0. The van der Waals surface area contributed by atoms with Gasteiger partial charge in [-0.25, -0.2) is 0 Å². The summed E-state index contributed by atoms with van der Waals surface area (Å²) in [6.45, 7) is 4.13. The summed E-state index contributed by atoms with van der Waals surface area (Å²) in [5.74, 6) is -0.338. The Hall–Kier alpha value is -1.43. The number of nitrogens with one attached hydrogen (secondary N) is 1. The zero-order valence-corrected chi connectivity index (χ0v) is 26.9. The second-order valence-electron chi connectivity index (χ2n) is 11.8. The normalized spacial score (nSPS) is 14.4. The molecule has 0 aliphatic heterocycles. The molecule has 0 aromatic carbocycles. The average molecular weight is 578 g/mol. The second kappa shape index (κ2) is 31.5. The van der Waals surface area contributed by atoms with Crippen LogP contribution in [-0.2, 0) is 4.79 Å². The van der Waals surface area contributed by atoms with E-state index in [2.05, 4.69) is 43.5 Å². The lowest BCUT2D eigenvalue weighted by Crippen LogP contribution is -2.45. The molecule has 5 heteroatoms. The highest BCUT2D eigenvalue weighted by molar-refractivity contribution is 5.76. The number of rotatable bonds is 30. The lowest BCUT2D eigenvalue weighted by molar-refractivity contribution is -0.124. The lowest BCUT2D eigenvalue weighted by atomic mass is 10.0. The van der Waals surface area contributed by atoms with E-state index in [1.54, 1.807) is 6.08 Å². The smallest absolute Gasteiger partial charge is 0.222 e. The Morgan fingerprint density at radius 1 is 0.610 bits per heavy atom. The number of carbonyl (C=O) groups excluding carboxylic acids is 1. The van der Waals surface area contributed by atoms with Crippen molar-refractivity contribution in [2.45, 2.75) is 180 Å². The molecule has 3 unspecified atom stereocenters. The Balaban J connectivity index is 3.80. The van der Waals surface area contributed by atoms with Gasteiger partial charge in [0, 0.05) is 0 Å². The minimum Gasteiger partial charge on any atom is -0.394 e. The maximum Gasteiger partial charge on any atom is 0.222 e. The highest BCUT2D eigenvalue weighted by atomic mass is 16.3. The molecular weight excluding hydrogens is 510 g/mol. The van der Waals surface area contributed by atoms with Gasteiger partial charge in [0.25, 0.3) is 0 Å². The predicted molar refractivity (Wildman–Crippen MR) is 176 cm³/mol. The van der Waals surface area contributed by atoms with E-state index in [9.17, 15) is 20.1 Å². The highest BCUT2D eigenvalue weighted by Crippen LogP contribution is 2.12. The van der Waals surface area contributed by atoms with Gasteiger partial charge in [-0.15, -0.1) is 0 Å². The highest BCUT2D eigenvalue weighted by Gasteiger charge is 2.20. The van der Waals surface area contributed by atoms with Crippen molar-refractivity contribution in [2.24, 2.45) is 0 Å². The SMILES string of the molecule is CCCCCC/C=C/CC/C=C/C(O)C(CO)NC(=O)CC(O)CCCCC/C=C\CCCCCCCCCCC. The Morgan fingerprint density at radius 2 is 1.05 bits per heavy atom. The molecule has 5 nitrogen and oxygen atoms in total. The van der Waals surface area contributed by atoms with E-state index in [1.807, 2.05) is 6.08 Å². The van der Waals surface area contributed by atoms with Gasteiger partial charge in [0.2, 0.25) is 5.91 Å². The molecule has 0 aromatic heterocycles. The molecular formula is C36H67NO4. The Labute approximate surface area is 254 Å². The van der Waals surface area contributed by atoms with E-state index in [4.69, 9.17) is 0 Å². The second-order valence-corrected chi connectivity index (χ2v) is 11.8. The third-order valence-corrected chi connectivity index (χ3v) is 7.65. The third-order valence-electron chi connectivity index (χ3n) is 7.65. The number of hydrogen-bond donors (Lipinski definition) is 4. The molecule has 0 saturated heterocycles. The van der Waals surface area contributed by atoms with Crippen molar-refractivity contribution in [1.29, 1.82) is 0 Å². The fraction of sp³-hybridized carbons (Fsp3) is 0.806. The molecule has 0 heterocycles. The summed E-state index contributed by atoms with van der Waals surface area (Å²) in [6, 6.07) is -0.762. The molecule has 3 atom stereocenters. The molecule has 0 rings (SSSR count). The van der Waals surface area contributed by atoms with E-state index >= 15 is 0 Å². The minimum atomic E-state index is -0.951. The Kier molecular flexibility index (Phi) is 30.4. The van der Waals surface area contributed by atoms with Crippen LogP contribution in [0.5, 0.6) is 0 Å². The van der Waals surface area contributed by atoms with Gasteiger partial charge < -0.3 is 20.6 Å². The molecule has 240 valence electrons. The quantitative estimate of drug-likeness (QED) is 0.0507. The van der Waals surface area contributed by atoms with Gasteiger partial charge in [-0.1, -0.05) is 134 Å². The molecule has 1 amide bonds. The van der Waals surface area contributed by atoms with Crippen LogP contribution in [0.2, 0.25) is 0 Å². The first-order valence-electron chi connectivity index (χ1n) is 17.3. The van der Waals surface area contributed by atoms with Crippen LogP contribution >= 0.6 is 0 Å². The van der Waals surface area contributed by atoms with Crippen LogP contribution < -0.4 is 5.32 Å². The van der Waals surface area contributed by atoms with E-state index in [-0.39, 0.29) is 18.9 Å². The summed E-state index contributed by atoms with van der Waals surface area (Å²) in [4.78, 5) is 12.3. The fourth-order valence-electron chi connectivity index (χ4n) is 4.94. The number of allylic oxidation sites excluding steroid dienone is 5. The van der Waals surface area contributed by atoms with Gasteiger partial charge >= 0.3 is 0 Å². The molecule has 0 aromatic rings. The third kappa shape index (κ3) is 28.5. The molecule has 0 fully saturated rings. The van der Waals surface area contributed by atoms with E-state index in [0.29, 0.717) is 6.42 Å². The first kappa shape index (κ1) is 39.6. The van der Waals surface area contributed by atoms with Crippen molar-refractivity contribution in [1.82, 2.24) is 5.32 Å². The molecule has 4 N–H and O–H groups in total. The molecule has 0 aliphatic rings. The van der Waals surface area contributed by atoms with Crippen LogP contribution in [0.25, 0.3) is 0 Å². The van der Waals surface area contributed by atoms with Crippen molar-refractivity contribution < 1.29 is 20.1 Å². The maximum absolute atomic E-state index is 12.3. The van der Waals surface area contributed by atoms with E-state index in [0.717, 1.165) is 44.9 Å². The molecule has 0 bridgehead atoms. The zero-order chi connectivity index (χ0) is 30.2. The van der Waals surface area contributed by atoms with Crippen LogP contribution in [0.3, 0.4) is 0 Å². The summed E-state index contributed by atoms with van der Waals surface area (Å²) < 4.78 is 0. The number of hydrogen-bond acceptors (Lipinski definition) is 4. The largest absolute Gasteiger partial charge is 0.394 e. The lowest BCUT2D eigenvalue weighted by Gasteiger charge is -2.20. The standard InChI is InChI=1S/C36H67NO4/c1-3-5-7-9-11-13-15-16-17-18-19-20-21-23-25-27-29-33(39)31-36(41)37-34(32-38)35(40)30-28-26-24-22-14-12-10-8-6-4-2/h14,19-20,22,28,30,33-35,38-40H,3-13,15-18,21,23-27,29,31-32H2,1-2H3,(H,37,41)/b20-19-,22-14+,30-28+. The first-order valence-corrected chi connectivity index (χ1v) is 17.3. The first-order chi connectivity index (χ1) is 20.0. The fourth-order valence-corrected chi connectivity index (χ4v) is 4.94. The van der Waals surface area contributed by atoms with Gasteiger partial charge in [0.1, 0.15) is 0 Å². The summed E-state index contributed by atoms with van der Waals surface area (Å²) in [7, 11) is 0. The van der Waals surface area contributed by atoms with Crippen molar-refractivity contribution in [2.75, 3.05) is 6.61 Å². The number of carbonyl (C=O) groups is 1. The van der Waals surface area contributed by atoms with Crippen LogP contribution in [0, 0.1) is 0 Å². The van der Waals surface area contributed by atoms with Gasteiger partial charge in [0.15, 0.2) is 0 Å². The van der Waals surface area contributed by atoms with Gasteiger partial charge in [0.05, 0.1) is 31.3 Å². The zero-order valence-electron chi connectivity index (χ0n) is 26.9.